The molecule has 0 amide bonds. The fourth-order valence-corrected chi connectivity index (χ4v) is 4.61. The van der Waals surface area contributed by atoms with E-state index in [4.69, 9.17) is 25.8 Å². The number of ether oxygens (including phenoxy) is 1. The molecule has 2 aromatic rings. The predicted octanol–water partition coefficient (Wildman–Crippen LogP) is 6.34. The Morgan fingerprint density at radius 1 is 0.586 bits per heavy atom. The summed E-state index contributed by atoms with van der Waals surface area (Å²) in [5.41, 5.74) is 3.64. The van der Waals surface area contributed by atoms with Gasteiger partial charge < -0.3 is 4.74 Å². The van der Waals surface area contributed by atoms with Crippen LogP contribution in [-0.4, -0.2) is 0 Å². The molecule has 0 spiro atoms. The molecule has 0 saturated carbocycles. The van der Waals surface area contributed by atoms with Crippen LogP contribution in [-0.2, 0) is 23.0 Å². The number of nitriles is 4. The van der Waals surface area contributed by atoms with E-state index in [2.05, 4.69) is 21.6 Å². The molecular formula is C20H14N4OS4. The third-order valence-electron chi connectivity index (χ3n) is 3.83. The van der Waals surface area contributed by atoms with Gasteiger partial charge in [0.15, 0.2) is 0 Å². The van der Waals surface area contributed by atoms with Crippen LogP contribution in [0.15, 0.2) is 36.4 Å². The molecule has 0 aliphatic rings. The van der Waals surface area contributed by atoms with E-state index in [1.54, 1.807) is 0 Å². The summed E-state index contributed by atoms with van der Waals surface area (Å²) in [7, 11) is 0. The van der Waals surface area contributed by atoms with Crippen LogP contribution in [0.2, 0.25) is 0 Å². The van der Waals surface area contributed by atoms with Crippen LogP contribution in [0.4, 0.5) is 0 Å². The number of hydrogen-bond donors (Lipinski definition) is 0. The quantitative estimate of drug-likeness (QED) is 0.380. The van der Waals surface area contributed by atoms with Gasteiger partial charge in [0, 0.05) is 34.1 Å². The van der Waals surface area contributed by atoms with E-state index < -0.39 is 0 Å². The van der Waals surface area contributed by atoms with Crippen molar-refractivity contribution < 1.29 is 4.74 Å². The Morgan fingerprint density at radius 3 is 1.34 bits per heavy atom. The Labute approximate surface area is 187 Å². The topological polar surface area (TPSA) is 104 Å². The van der Waals surface area contributed by atoms with Crippen molar-refractivity contribution in [1.29, 1.82) is 21.0 Å². The minimum absolute atomic E-state index is 0.445. The fraction of sp³-hybridized carbons (Fsp3) is 0.200. The third-order valence-corrected chi connectivity index (χ3v) is 6.12. The predicted molar refractivity (Wildman–Crippen MR) is 121 cm³/mol. The smallest absolute Gasteiger partial charge is 0.133 e. The molecule has 0 atom stereocenters. The molecule has 144 valence electrons. The summed E-state index contributed by atoms with van der Waals surface area (Å²) in [5, 5.41) is 44.1. The molecule has 0 saturated heterocycles. The van der Waals surface area contributed by atoms with Gasteiger partial charge in [-0.25, -0.2) is 0 Å². The molecule has 2 rings (SSSR count). The normalized spacial score (nSPS) is 9.66. The van der Waals surface area contributed by atoms with Gasteiger partial charge in [0.25, 0.3) is 0 Å². The van der Waals surface area contributed by atoms with Crippen molar-refractivity contribution in [3.05, 3.63) is 58.7 Å². The minimum Gasteiger partial charge on any atom is -0.457 e. The maximum absolute atomic E-state index is 8.99. The molecule has 0 aliphatic carbocycles. The average molecular weight is 455 g/mol. The summed E-state index contributed by atoms with van der Waals surface area (Å²) in [5.74, 6) is 3.14. The second-order valence-corrected chi connectivity index (χ2v) is 8.45. The second kappa shape index (κ2) is 12.9. The van der Waals surface area contributed by atoms with Crippen LogP contribution < -0.4 is 4.74 Å². The molecule has 0 radical (unpaired) electrons. The zero-order chi connectivity index (χ0) is 20.9. The van der Waals surface area contributed by atoms with Crippen molar-refractivity contribution in [2.75, 3.05) is 0 Å². The number of thioether (sulfide) groups is 4. The van der Waals surface area contributed by atoms with Gasteiger partial charge in [-0.05, 0) is 70.3 Å². The van der Waals surface area contributed by atoms with Crippen molar-refractivity contribution in [2.45, 2.75) is 23.0 Å². The van der Waals surface area contributed by atoms with E-state index in [0.29, 0.717) is 34.5 Å². The van der Waals surface area contributed by atoms with Crippen molar-refractivity contribution >= 4 is 47.0 Å². The number of benzene rings is 2. The zero-order valence-electron chi connectivity index (χ0n) is 15.1. The number of thiocyanates is 4. The van der Waals surface area contributed by atoms with E-state index in [1.807, 2.05) is 36.4 Å². The largest absolute Gasteiger partial charge is 0.457 e. The van der Waals surface area contributed by atoms with Gasteiger partial charge in [0.05, 0.1) is 0 Å². The minimum atomic E-state index is 0.445. The van der Waals surface area contributed by atoms with Gasteiger partial charge in [0.2, 0.25) is 0 Å². The van der Waals surface area contributed by atoms with Gasteiger partial charge in [-0.3, -0.25) is 0 Å². The SMILES string of the molecule is N#CSCc1cccc(Oc2cccc(CSC#N)c2CSC#N)c1CSC#N. The highest BCUT2D eigenvalue weighted by Crippen LogP contribution is 2.36. The summed E-state index contributed by atoms with van der Waals surface area (Å²) < 4.78 is 6.25. The van der Waals surface area contributed by atoms with E-state index in [-0.39, 0.29) is 0 Å². The van der Waals surface area contributed by atoms with Crippen LogP contribution >= 0.6 is 47.0 Å². The summed E-state index contributed by atoms with van der Waals surface area (Å²) in [6.07, 6.45) is 0. The number of hydrogen-bond acceptors (Lipinski definition) is 9. The van der Waals surface area contributed by atoms with E-state index >= 15 is 0 Å². The first kappa shape index (κ1) is 22.9. The van der Waals surface area contributed by atoms with E-state index in [9.17, 15) is 0 Å². The lowest BCUT2D eigenvalue weighted by atomic mass is 10.1. The summed E-state index contributed by atoms with van der Waals surface area (Å²) in [6.45, 7) is 0. The first-order chi connectivity index (χ1) is 14.2. The lowest BCUT2D eigenvalue weighted by molar-refractivity contribution is 0.473. The van der Waals surface area contributed by atoms with Crippen molar-refractivity contribution in [3.8, 4) is 33.1 Å². The summed E-state index contributed by atoms with van der Waals surface area (Å²) in [4.78, 5) is 0. The van der Waals surface area contributed by atoms with Crippen LogP contribution in [0.3, 0.4) is 0 Å². The number of nitrogens with zero attached hydrogens (tertiary/aromatic N) is 4. The van der Waals surface area contributed by atoms with Crippen LogP contribution in [0.5, 0.6) is 11.5 Å². The maximum Gasteiger partial charge on any atom is 0.133 e. The summed E-state index contributed by atoms with van der Waals surface area (Å²) in [6, 6.07) is 11.3. The first-order valence-corrected chi connectivity index (χ1v) is 12.1. The second-order valence-electron chi connectivity index (χ2n) is 5.41. The summed E-state index contributed by atoms with van der Waals surface area (Å²) >= 11 is 4.49. The van der Waals surface area contributed by atoms with Gasteiger partial charge in [-0.1, -0.05) is 24.3 Å². The lowest BCUT2D eigenvalue weighted by Crippen LogP contribution is -1.99. The lowest BCUT2D eigenvalue weighted by Gasteiger charge is -2.17. The molecule has 0 aliphatic heterocycles. The Morgan fingerprint density at radius 2 is 0.966 bits per heavy atom. The van der Waals surface area contributed by atoms with Gasteiger partial charge >= 0.3 is 0 Å². The highest BCUT2D eigenvalue weighted by atomic mass is 32.2. The molecule has 0 N–H and O–H groups in total. The molecule has 0 heterocycles. The van der Waals surface area contributed by atoms with Crippen LogP contribution in [0, 0.1) is 42.7 Å². The van der Waals surface area contributed by atoms with E-state index in [0.717, 1.165) is 69.3 Å². The Hall–Kier alpha value is -2.40. The molecule has 0 aromatic heterocycles. The standard InChI is InChI=1S/C20H14N4OS4/c21-11-26-7-15-3-1-5-19(17(15)9-28-13-23)25-20-6-2-4-16(8-27-12-22)18(20)10-29-14-24/h1-6H,7-10H2. The molecule has 0 bridgehead atoms. The molecular weight excluding hydrogens is 441 g/mol. The van der Waals surface area contributed by atoms with Crippen LogP contribution in [0.1, 0.15) is 22.3 Å². The highest BCUT2D eigenvalue weighted by molar-refractivity contribution is 8.03. The molecule has 29 heavy (non-hydrogen) atoms. The zero-order valence-corrected chi connectivity index (χ0v) is 18.4. The van der Waals surface area contributed by atoms with Crippen LogP contribution in [0.25, 0.3) is 0 Å². The van der Waals surface area contributed by atoms with Gasteiger partial charge in [-0.15, -0.1) is 0 Å². The van der Waals surface area contributed by atoms with Crippen molar-refractivity contribution in [2.24, 2.45) is 0 Å². The monoisotopic (exact) mass is 454 g/mol. The maximum atomic E-state index is 8.99. The Kier molecular flexibility index (Phi) is 10.2. The Bertz CT molecular complexity index is 934. The highest BCUT2D eigenvalue weighted by Gasteiger charge is 2.15. The van der Waals surface area contributed by atoms with E-state index in [1.165, 1.54) is 0 Å². The third kappa shape index (κ3) is 6.86. The van der Waals surface area contributed by atoms with Gasteiger partial charge in [0.1, 0.15) is 33.1 Å². The molecule has 5 nitrogen and oxygen atoms in total. The molecule has 0 unspecified atom stereocenters. The molecule has 9 heteroatoms. The van der Waals surface area contributed by atoms with Gasteiger partial charge in [-0.2, -0.15) is 21.0 Å². The van der Waals surface area contributed by atoms with Crippen molar-refractivity contribution in [1.82, 2.24) is 0 Å². The number of rotatable bonds is 10. The fourth-order valence-electron chi connectivity index (χ4n) is 2.56. The first-order valence-electron chi connectivity index (χ1n) is 8.18. The Balaban J connectivity index is 2.44. The molecule has 2 aromatic carbocycles. The molecule has 0 fully saturated rings. The van der Waals surface area contributed by atoms with Crippen molar-refractivity contribution in [3.63, 3.8) is 0 Å². The average Bonchev–Trinajstić information content (AvgIpc) is 2.74.